The van der Waals surface area contributed by atoms with Gasteiger partial charge in [-0.25, -0.2) is 4.98 Å². The van der Waals surface area contributed by atoms with E-state index in [1.165, 1.54) is 0 Å². The number of hydrogen-bond donors (Lipinski definition) is 1. The molecule has 2 N–H and O–H groups in total. The highest BCUT2D eigenvalue weighted by Crippen LogP contribution is 2.13. The zero-order valence-corrected chi connectivity index (χ0v) is 6.10. The second kappa shape index (κ2) is 2.71. The molecule has 2 nitrogen and oxygen atoms in total. The summed E-state index contributed by atoms with van der Waals surface area (Å²) in [5, 5.41) is 0.406. The number of halogens is 1. The molecular weight excluding hydrogens is 148 g/mol. The van der Waals surface area contributed by atoms with Crippen LogP contribution >= 0.6 is 11.6 Å². The Kier molecular flexibility index (Phi) is 1.92. The van der Waals surface area contributed by atoms with Gasteiger partial charge in [-0.05, 0) is 12.1 Å². The van der Waals surface area contributed by atoms with Crippen LogP contribution in [0.5, 0.6) is 0 Å². The number of hydrogen-bond acceptors (Lipinski definition) is 2. The molecule has 0 unspecified atom stereocenters. The summed E-state index contributed by atoms with van der Waals surface area (Å²) in [7, 11) is 0. The summed E-state index contributed by atoms with van der Waals surface area (Å²) in [4.78, 5) is 3.82. The first-order valence-electron chi connectivity index (χ1n) is 2.78. The zero-order chi connectivity index (χ0) is 7.56. The number of rotatable bonds is 1. The molecule has 52 valence electrons. The molecule has 1 aromatic rings. The number of nitrogens with zero attached hydrogens (tertiary/aromatic N) is 1. The van der Waals surface area contributed by atoms with Crippen molar-refractivity contribution in [2.45, 2.75) is 0 Å². The van der Waals surface area contributed by atoms with Gasteiger partial charge in [0.2, 0.25) is 0 Å². The lowest BCUT2D eigenvalue weighted by Crippen LogP contribution is -1.92. The van der Waals surface area contributed by atoms with Crippen LogP contribution in [0, 0.1) is 0 Å². The van der Waals surface area contributed by atoms with E-state index in [-0.39, 0.29) is 0 Å². The highest BCUT2D eigenvalue weighted by Gasteiger charge is 1.95. The van der Waals surface area contributed by atoms with Gasteiger partial charge in [0.05, 0.1) is 0 Å². The van der Waals surface area contributed by atoms with E-state index in [0.29, 0.717) is 11.0 Å². The molecule has 0 aliphatic heterocycles. The second-order valence-electron chi connectivity index (χ2n) is 1.81. The van der Waals surface area contributed by atoms with Gasteiger partial charge in [0.1, 0.15) is 11.0 Å². The molecule has 0 bridgehead atoms. The van der Waals surface area contributed by atoms with E-state index in [1.807, 2.05) is 0 Å². The standard InChI is InChI=1S/C7H7ClN2/c1-2-5-3-4-6(8)10-7(5)9/h2-4H,1H2,(H2,9,10). The van der Waals surface area contributed by atoms with Gasteiger partial charge < -0.3 is 5.73 Å². The molecule has 0 amide bonds. The van der Waals surface area contributed by atoms with Gasteiger partial charge in [0, 0.05) is 5.56 Å². The Morgan fingerprint density at radius 1 is 1.60 bits per heavy atom. The summed E-state index contributed by atoms with van der Waals surface area (Å²) in [6, 6.07) is 3.45. The fourth-order valence-electron chi connectivity index (χ4n) is 0.633. The topological polar surface area (TPSA) is 38.9 Å². The molecule has 1 rings (SSSR count). The van der Waals surface area contributed by atoms with Gasteiger partial charge in [-0.15, -0.1) is 0 Å². The summed E-state index contributed by atoms with van der Waals surface area (Å²) >= 11 is 5.55. The van der Waals surface area contributed by atoms with Crippen LogP contribution < -0.4 is 5.73 Å². The summed E-state index contributed by atoms with van der Waals surface area (Å²) < 4.78 is 0. The van der Waals surface area contributed by atoms with Crippen LogP contribution in [-0.4, -0.2) is 4.98 Å². The van der Waals surface area contributed by atoms with Crippen molar-refractivity contribution in [1.29, 1.82) is 0 Å². The van der Waals surface area contributed by atoms with Gasteiger partial charge in [0.25, 0.3) is 0 Å². The summed E-state index contributed by atoms with van der Waals surface area (Å²) in [6.45, 7) is 3.56. The molecule has 0 aliphatic rings. The monoisotopic (exact) mass is 154 g/mol. The Morgan fingerprint density at radius 2 is 2.30 bits per heavy atom. The van der Waals surface area contributed by atoms with E-state index in [1.54, 1.807) is 18.2 Å². The van der Waals surface area contributed by atoms with Crippen molar-refractivity contribution in [2.24, 2.45) is 0 Å². The maximum absolute atomic E-state index is 5.55. The highest BCUT2D eigenvalue weighted by atomic mass is 35.5. The number of pyridine rings is 1. The van der Waals surface area contributed by atoms with Crippen molar-refractivity contribution >= 4 is 23.5 Å². The van der Waals surface area contributed by atoms with Crippen LogP contribution in [0.4, 0.5) is 5.82 Å². The average Bonchev–Trinajstić information content (AvgIpc) is 1.88. The molecule has 0 atom stereocenters. The Hall–Kier alpha value is -1.02. The third kappa shape index (κ3) is 1.28. The molecule has 1 heterocycles. The third-order valence-electron chi connectivity index (χ3n) is 1.14. The molecule has 3 heteroatoms. The van der Waals surface area contributed by atoms with Crippen molar-refractivity contribution < 1.29 is 0 Å². The maximum atomic E-state index is 5.55. The number of aromatic nitrogens is 1. The minimum atomic E-state index is 0.406. The van der Waals surface area contributed by atoms with E-state index in [2.05, 4.69) is 11.6 Å². The van der Waals surface area contributed by atoms with Gasteiger partial charge in [-0.3, -0.25) is 0 Å². The van der Waals surface area contributed by atoms with E-state index in [9.17, 15) is 0 Å². The van der Waals surface area contributed by atoms with Crippen molar-refractivity contribution in [3.63, 3.8) is 0 Å². The van der Waals surface area contributed by atoms with Gasteiger partial charge in [-0.2, -0.15) is 0 Å². The van der Waals surface area contributed by atoms with Crippen LogP contribution in [0.3, 0.4) is 0 Å². The van der Waals surface area contributed by atoms with Crippen molar-refractivity contribution in [2.75, 3.05) is 5.73 Å². The first-order valence-corrected chi connectivity index (χ1v) is 3.16. The van der Waals surface area contributed by atoms with Gasteiger partial charge >= 0.3 is 0 Å². The number of nitrogen functional groups attached to an aromatic ring is 1. The average molecular weight is 155 g/mol. The third-order valence-corrected chi connectivity index (χ3v) is 1.35. The minimum Gasteiger partial charge on any atom is -0.383 e. The predicted octanol–water partition coefficient (Wildman–Crippen LogP) is 1.96. The fourth-order valence-corrected chi connectivity index (χ4v) is 0.787. The van der Waals surface area contributed by atoms with Crippen LogP contribution in [-0.2, 0) is 0 Å². The van der Waals surface area contributed by atoms with E-state index < -0.39 is 0 Å². The summed E-state index contributed by atoms with van der Waals surface area (Å²) in [5.41, 5.74) is 6.27. The molecule has 0 saturated carbocycles. The Balaban J connectivity index is 3.19. The quantitative estimate of drug-likeness (QED) is 0.628. The molecule has 0 radical (unpaired) electrons. The Bertz CT molecular complexity index is 258. The largest absolute Gasteiger partial charge is 0.383 e. The van der Waals surface area contributed by atoms with Crippen LogP contribution in [0.1, 0.15) is 5.56 Å². The van der Waals surface area contributed by atoms with E-state index in [0.717, 1.165) is 5.56 Å². The molecule has 0 saturated heterocycles. The lowest BCUT2D eigenvalue weighted by Gasteiger charge is -1.97. The van der Waals surface area contributed by atoms with Gasteiger partial charge in [0.15, 0.2) is 0 Å². The van der Waals surface area contributed by atoms with E-state index >= 15 is 0 Å². The maximum Gasteiger partial charge on any atom is 0.132 e. The lowest BCUT2D eigenvalue weighted by atomic mass is 10.2. The Labute approximate surface area is 64.3 Å². The SMILES string of the molecule is C=Cc1ccc(Cl)nc1N. The number of anilines is 1. The molecule has 1 aromatic heterocycles. The molecule has 0 aliphatic carbocycles. The minimum absolute atomic E-state index is 0.406. The summed E-state index contributed by atoms with van der Waals surface area (Å²) in [5.74, 6) is 0.419. The first kappa shape index (κ1) is 7.09. The van der Waals surface area contributed by atoms with Crippen LogP contribution in [0.15, 0.2) is 18.7 Å². The number of nitrogens with two attached hydrogens (primary N) is 1. The van der Waals surface area contributed by atoms with Crippen molar-refractivity contribution in [1.82, 2.24) is 4.98 Å². The van der Waals surface area contributed by atoms with E-state index in [4.69, 9.17) is 17.3 Å². The molecule has 10 heavy (non-hydrogen) atoms. The highest BCUT2D eigenvalue weighted by molar-refractivity contribution is 6.29. The molecule has 0 spiro atoms. The van der Waals surface area contributed by atoms with Crippen molar-refractivity contribution in [3.8, 4) is 0 Å². The van der Waals surface area contributed by atoms with Crippen LogP contribution in [0.25, 0.3) is 6.08 Å². The molecule has 0 fully saturated rings. The second-order valence-corrected chi connectivity index (χ2v) is 2.20. The first-order chi connectivity index (χ1) is 4.74. The van der Waals surface area contributed by atoms with Crippen molar-refractivity contribution in [3.05, 3.63) is 29.4 Å². The molecular formula is C7H7ClN2. The predicted molar refractivity (Wildman–Crippen MR) is 43.8 cm³/mol. The van der Waals surface area contributed by atoms with Gasteiger partial charge in [-0.1, -0.05) is 24.3 Å². The Morgan fingerprint density at radius 3 is 2.80 bits per heavy atom. The zero-order valence-electron chi connectivity index (χ0n) is 5.34. The molecule has 0 aromatic carbocycles. The lowest BCUT2D eigenvalue weighted by molar-refractivity contribution is 1.33. The van der Waals surface area contributed by atoms with Crippen LogP contribution in [0.2, 0.25) is 5.15 Å². The smallest absolute Gasteiger partial charge is 0.132 e. The normalized spacial score (nSPS) is 9.30. The fraction of sp³-hybridized carbons (Fsp3) is 0. The summed E-state index contributed by atoms with van der Waals surface area (Å²) in [6.07, 6.45) is 1.64.